The van der Waals surface area contributed by atoms with E-state index in [-0.39, 0.29) is 5.56 Å². The van der Waals surface area contributed by atoms with Crippen molar-refractivity contribution in [1.82, 2.24) is 0 Å². The summed E-state index contributed by atoms with van der Waals surface area (Å²) in [5, 5.41) is 10.6. The third-order valence-electron chi connectivity index (χ3n) is 1.15. The lowest BCUT2D eigenvalue weighted by molar-refractivity contribution is 0.321. The van der Waals surface area contributed by atoms with Crippen molar-refractivity contribution in [2.24, 2.45) is 5.16 Å². The SMILES string of the molecule is O/N=C/c1cc(F)ccc1F. The summed E-state index contributed by atoms with van der Waals surface area (Å²) in [6.07, 6.45) is 0.832. The molecule has 0 spiro atoms. The van der Waals surface area contributed by atoms with E-state index in [0.29, 0.717) is 0 Å². The van der Waals surface area contributed by atoms with Crippen molar-refractivity contribution in [2.75, 3.05) is 0 Å². The van der Waals surface area contributed by atoms with Crippen LogP contribution in [0.15, 0.2) is 23.4 Å². The molecular formula is C7H5F2NO. The van der Waals surface area contributed by atoms with E-state index in [0.717, 1.165) is 24.4 Å². The Balaban J connectivity index is 3.12. The minimum atomic E-state index is -0.621. The second kappa shape index (κ2) is 3.09. The van der Waals surface area contributed by atoms with E-state index >= 15 is 0 Å². The molecule has 11 heavy (non-hydrogen) atoms. The summed E-state index contributed by atoms with van der Waals surface area (Å²) in [4.78, 5) is 0. The minimum Gasteiger partial charge on any atom is -0.411 e. The Kier molecular flexibility index (Phi) is 2.15. The zero-order valence-electron chi connectivity index (χ0n) is 5.46. The molecule has 0 saturated heterocycles. The van der Waals surface area contributed by atoms with Crippen molar-refractivity contribution < 1.29 is 14.0 Å². The highest BCUT2D eigenvalue weighted by Crippen LogP contribution is 2.06. The fourth-order valence-corrected chi connectivity index (χ4v) is 0.676. The zero-order chi connectivity index (χ0) is 8.27. The maximum absolute atomic E-state index is 12.6. The smallest absolute Gasteiger partial charge is 0.132 e. The average molecular weight is 157 g/mol. The van der Waals surface area contributed by atoms with E-state index in [1.165, 1.54) is 0 Å². The molecule has 1 rings (SSSR count). The molecule has 0 aliphatic carbocycles. The van der Waals surface area contributed by atoms with Gasteiger partial charge in [-0.3, -0.25) is 0 Å². The van der Waals surface area contributed by atoms with Gasteiger partial charge in [0.15, 0.2) is 0 Å². The molecule has 1 aromatic rings. The van der Waals surface area contributed by atoms with Crippen LogP contribution in [0, 0.1) is 11.6 Å². The van der Waals surface area contributed by atoms with Crippen LogP contribution in [0.1, 0.15) is 5.56 Å². The molecule has 58 valence electrons. The van der Waals surface area contributed by atoms with Gasteiger partial charge in [-0.1, -0.05) is 5.16 Å². The average Bonchev–Trinajstić information content (AvgIpc) is 1.98. The standard InChI is InChI=1S/C7H5F2NO/c8-6-1-2-7(9)5(3-6)4-10-11/h1-4,11H/b10-4+. The van der Waals surface area contributed by atoms with E-state index in [1.54, 1.807) is 0 Å². The molecule has 0 bridgehead atoms. The molecule has 0 radical (unpaired) electrons. The highest BCUT2D eigenvalue weighted by atomic mass is 19.1. The van der Waals surface area contributed by atoms with Crippen molar-refractivity contribution in [2.45, 2.75) is 0 Å². The molecular weight excluding hydrogens is 152 g/mol. The van der Waals surface area contributed by atoms with Gasteiger partial charge in [0.25, 0.3) is 0 Å². The molecule has 1 N–H and O–H groups in total. The summed E-state index contributed by atoms with van der Waals surface area (Å²) in [7, 11) is 0. The maximum Gasteiger partial charge on any atom is 0.132 e. The monoisotopic (exact) mass is 157 g/mol. The number of benzene rings is 1. The molecule has 0 saturated carbocycles. The quantitative estimate of drug-likeness (QED) is 0.376. The summed E-state index contributed by atoms with van der Waals surface area (Å²) >= 11 is 0. The molecule has 2 nitrogen and oxygen atoms in total. The summed E-state index contributed by atoms with van der Waals surface area (Å²) in [6.45, 7) is 0. The molecule has 0 aromatic heterocycles. The van der Waals surface area contributed by atoms with Crippen LogP contribution in [0.5, 0.6) is 0 Å². The Morgan fingerprint density at radius 1 is 1.36 bits per heavy atom. The third kappa shape index (κ3) is 1.73. The van der Waals surface area contributed by atoms with Gasteiger partial charge in [0.05, 0.1) is 6.21 Å². The van der Waals surface area contributed by atoms with Gasteiger partial charge < -0.3 is 5.21 Å². The number of rotatable bonds is 1. The summed E-state index contributed by atoms with van der Waals surface area (Å²) in [6, 6.07) is 2.89. The first kappa shape index (κ1) is 7.65. The molecule has 0 unspecified atom stereocenters. The Labute approximate surface area is 61.8 Å². The van der Waals surface area contributed by atoms with Crippen molar-refractivity contribution in [3.63, 3.8) is 0 Å². The second-order valence-electron chi connectivity index (χ2n) is 1.91. The molecule has 0 aliphatic heterocycles. The molecule has 4 heteroatoms. The molecule has 0 atom stereocenters. The van der Waals surface area contributed by atoms with Crippen LogP contribution in [0.4, 0.5) is 8.78 Å². The highest BCUT2D eigenvalue weighted by molar-refractivity contribution is 5.79. The van der Waals surface area contributed by atoms with Gasteiger partial charge in [-0.25, -0.2) is 8.78 Å². The number of hydrogen-bond donors (Lipinski definition) is 1. The van der Waals surface area contributed by atoms with Crippen LogP contribution in [-0.4, -0.2) is 11.4 Å². The Bertz CT molecular complexity index is 286. The predicted molar refractivity (Wildman–Crippen MR) is 35.7 cm³/mol. The fraction of sp³-hybridized carbons (Fsp3) is 0. The first-order valence-corrected chi connectivity index (χ1v) is 2.86. The van der Waals surface area contributed by atoms with Crippen LogP contribution >= 0.6 is 0 Å². The maximum atomic E-state index is 12.6. The lowest BCUT2D eigenvalue weighted by Crippen LogP contribution is -1.88. The van der Waals surface area contributed by atoms with Gasteiger partial charge in [0, 0.05) is 5.56 Å². The predicted octanol–water partition coefficient (Wildman–Crippen LogP) is 1.77. The molecule has 1 aromatic carbocycles. The lowest BCUT2D eigenvalue weighted by atomic mass is 10.2. The van der Waals surface area contributed by atoms with Crippen molar-refractivity contribution in [3.8, 4) is 0 Å². The highest BCUT2D eigenvalue weighted by Gasteiger charge is 1.99. The van der Waals surface area contributed by atoms with Gasteiger partial charge in [0.1, 0.15) is 11.6 Å². The van der Waals surface area contributed by atoms with Crippen LogP contribution in [0.3, 0.4) is 0 Å². The van der Waals surface area contributed by atoms with E-state index in [4.69, 9.17) is 5.21 Å². The topological polar surface area (TPSA) is 32.6 Å². The van der Waals surface area contributed by atoms with Gasteiger partial charge in [-0.2, -0.15) is 0 Å². The van der Waals surface area contributed by atoms with Crippen molar-refractivity contribution >= 4 is 6.21 Å². The lowest BCUT2D eigenvalue weighted by Gasteiger charge is -1.93. The molecule has 0 heterocycles. The zero-order valence-corrected chi connectivity index (χ0v) is 5.46. The van der Waals surface area contributed by atoms with E-state index in [2.05, 4.69) is 5.16 Å². The van der Waals surface area contributed by atoms with Crippen LogP contribution in [-0.2, 0) is 0 Å². The Hall–Kier alpha value is -1.45. The normalized spacial score (nSPS) is 10.7. The molecule has 0 aliphatic rings. The second-order valence-corrected chi connectivity index (χ2v) is 1.91. The molecule has 0 fully saturated rings. The Morgan fingerprint density at radius 2 is 2.09 bits per heavy atom. The third-order valence-corrected chi connectivity index (χ3v) is 1.15. The summed E-state index contributed by atoms with van der Waals surface area (Å²) < 4.78 is 24.9. The van der Waals surface area contributed by atoms with Crippen LogP contribution < -0.4 is 0 Å². The summed E-state index contributed by atoms with van der Waals surface area (Å²) in [5.41, 5.74) is -0.0764. The first-order chi connectivity index (χ1) is 5.24. The van der Waals surface area contributed by atoms with Crippen LogP contribution in [0.2, 0.25) is 0 Å². The summed E-state index contributed by atoms with van der Waals surface area (Å²) in [5.74, 6) is -1.19. The number of nitrogens with zero attached hydrogens (tertiary/aromatic N) is 1. The minimum absolute atomic E-state index is 0.0764. The largest absolute Gasteiger partial charge is 0.411 e. The van der Waals surface area contributed by atoms with Gasteiger partial charge >= 0.3 is 0 Å². The van der Waals surface area contributed by atoms with Crippen molar-refractivity contribution in [3.05, 3.63) is 35.4 Å². The van der Waals surface area contributed by atoms with E-state index < -0.39 is 11.6 Å². The number of oxime groups is 1. The first-order valence-electron chi connectivity index (χ1n) is 2.86. The van der Waals surface area contributed by atoms with E-state index in [1.807, 2.05) is 0 Å². The number of hydrogen-bond acceptors (Lipinski definition) is 2. The van der Waals surface area contributed by atoms with Crippen LogP contribution in [0.25, 0.3) is 0 Å². The fourth-order valence-electron chi connectivity index (χ4n) is 0.676. The Morgan fingerprint density at radius 3 is 2.73 bits per heavy atom. The molecule has 0 amide bonds. The number of halogens is 2. The van der Waals surface area contributed by atoms with Gasteiger partial charge in [0.2, 0.25) is 0 Å². The van der Waals surface area contributed by atoms with E-state index in [9.17, 15) is 8.78 Å². The van der Waals surface area contributed by atoms with Crippen molar-refractivity contribution in [1.29, 1.82) is 0 Å². The van der Waals surface area contributed by atoms with Gasteiger partial charge in [-0.05, 0) is 18.2 Å². The van der Waals surface area contributed by atoms with Gasteiger partial charge in [-0.15, -0.1) is 0 Å².